The van der Waals surface area contributed by atoms with Crippen molar-refractivity contribution in [2.24, 2.45) is 0 Å². The second-order valence-electron chi connectivity index (χ2n) is 14.7. The van der Waals surface area contributed by atoms with Gasteiger partial charge in [0.15, 0.2) is 0 Å². The molecule has 48 heavy (non-hydrogen) atoms. The predicted octanol–water partition coefficient (Wildman–Crippen LogP) is 12.2. The average molecular weight is 704 g/mol. The van der Waals surface area contributed by atoms with Gasteiger partial charge in [0.2, 0.25) is 5.91 Å². The Morgan fingerprint density at radius 2 is 0.812 bits per heavy atom. The molecule has 0 bridgehead atoms. The third-order valence-electron chi connectivity index (χ3n) is 9.84. The zero-order valence-electron chi connectivity index (χ0n) is 31.9. The molecule has 0 fully saturated rings. The molecule has 0 aliphatic rings. The minimum absolute atomic E-state index is 0.189. The van der Waals surface area contributed by atoms with E-state index in [9.17, 15) is 14.5 Å². The molecule has 1 amide bonds. The molecule has 2 atom stereocenters. The van der Waals surface area contributed by atoms with Crippen LogP contribution in [0, 0.1) is 0 Å². The van der Waals surface area contributed by atoms with Crippen LogP contribution >= 0.6 is 7.82 Å². The van der Waals surface area contributed by atoms with Crippen molar-refractivity contribution in [1.82, 2.24) is 5.32 Å². The van der Waals surface area contributed by atoms with Gasteiger partial charge in [0, 0.05) is 6.42 Å². The molecule has 0 aromatic rings. The number of hydrogen-bond acceptors (Lipinski definition) is 4. The molecule has 0 unspecified atom stereocenters. The summed E-state index contributed by atoms with van der Waals surface area (Å²) in [6.45, 7) is 4.13. The molecule has 0 aliphatic carbocycles. The van der Waals surface area contributed by atoms with Crippen molar-refractivity contribution in [3.05, 3.63) is 0 Å². The number of amides is 1. The molecule has 288 valence electrons. The van der Waals surface area contributed by atoms with Gasteiger partial charge in [0.05, 0.1) is 18.8 Å². The molecule has 7 nitrogen and oxygen atoms in total. The van der Waals surface area contributed by atoms with Crippen LogP contribution in [0.2, 0.25) is 0 Å². The quantitative estimate of drug-likeness (QED) is 0.0374. The molecule has 0 aromatic heterocycles. The van der Waals surface area contributed by atoms with Gasteiger partial charge in [-0.3, -0.25) is 9.32 Å². The maximum atomic E-state index is 12.6. The van der Waals surface area contributed by atoms with E-state index in [1.807, 2.05) is 0 Å². The van der Waals surface area contributed by atoms with E-state index < -0.39 is 26.6 Å². The topological polar surface area (TPSA) is 116 Å². The number of unbranched alkanes of at least 4 members (excludes halogenated alkanes) is 30. The van der Waals surface area contributed by atoms with Crippen LogP contribution in [0.3, 0.4) is 0 Å². The molecular weight excluding hydrogens is 621 g/mol. The number of carbonyl (C=O) groups excluding carboxylic acids is 1. The lowest BCUT2D eigenvalue weighted by Crippen LogP contribution is -2.46. The average Bonchev–Trinajstić information content (AvgIpc) is 3.05. The van der Waals surface area contributed by atoms with Crippen molar-refractivity contribution >= 4 is 13.7 Å². The van der Waals surface area contributed by atoms with Gasteiger partial charge in [-0.1, -0.05) is 213 Å². The summed E-state index contributed by atoms with van der Waals surface area (Å²) in [4.78, 5) is 30.9. The molecule has 0 aliphatic heterocycles. The first-order valence-electron chi connectivity index (χ1n) is 21.0. The van der Waals surface area contributed by atoms with E-state index in [0.717, 1.165) is 38.5 Å². The van der Waals surface area contributed by atoms with Gasteiger partial charge in [0.1, 0.15) is 0 Å². The van der Waals surface area contributed by atoms with Gasteiger partial charge in [0.25, 0.3) is 0 Å². The summed E-state index contributed by atoms with van der Waals surface area (Å²) in [6, 6.07) is -0.817. The molecule has 0 rings (SSSR count). The van der Waals surface area contributed by atoms with Crippen LogP contribution < -0.4 is 5.32 Å². The summed E-state index contributed by atoms with van der Waals surface area (Å²) >= 11 is 0. The van der Waals surface area contributed by atoms with Crippen LogP contribution in [0.5, 0.6) is 0 Å². The van der Waals surface area contributed by atoms with Gasteiger partial charge in [-0.2, -0.15) is 0 Å². The van der Waals surface area contributed by atoms with E-state index in [4.69, 9.17) is 9.79 Å². The van der Waals surface area contributed by atoms with Gasteiger partial charge in [-0.15, -0.1) is 0 Å². The van der Waals surface area contributed by atoms with Crippen molar-refractivity contribution < 1.29 is 28.8 Å². The Bertz CT molecular complexity index is 718. The molecule has 0 radical (unpaired) electrons. The van der Waals surface area contributed by atoms with Crippen LogP contribution in [0.4, 0.5) is 0 Å². The Balaban J connectivity index is 3.83. The zero-order chi connectivity index (χ0) is 35.4. The van der Waals surface area contributed by atoms with E-state index >= 15 is 0 Å². The van der Waals surface area contributed by atoms with Gasteiger partial charge in [-0.25, -0.2) is 4.57 Å². The first kappa shape index (κ1) is 47.5. The van der Waals surface area contributed by atoms with Crippen molar-refractivity contribution in [1.29, 1.82) is 0 Å². The van der Waals surface area contributed by atoms with E-state index in [2.05, 4.69) is 23.7 Å². The van der Waals surface area contributed by atoms with Crippen LogP contribution in [0.15, 0.2) is 0 Å². The third-order valence-corrected chi connectivity index (χ3v) is 10.3. The Kier molecular flexibility index (Phi) is 36.0. The summed E-state index contributed by atoms with van der Waals surface area (Å²) in [5.74, 6) is -0.189. The largest absolute Gasteiger partial charge is 0.469 e. The fourth-order valence-corrected chi connectivity index (χ4v) is 7.00. The molecule has 0 saturated carbocycles. The third kappa shape index (κ3) is 36.8. The maximum absolute atomic E-state index is 12.6. The first-order chi connectivity index (χ1) is 23.3. The Labute approximate surface area is 298 Å². The van der Waals surface area contributed by atoms with Crippen LogP contribution in [0.1, 0.15) is 232 Å². The van der Waals surface area contributed by atoms with Crippen LogP contribution in [-0.2, 0) is 13.9 Å². The second-order valence-corrected chi connectivity index (χ2v) is 15.9. The SMILES string of the molecule is CCCCCCCCCCCCCCCCCCCCCCC(=O)N[C@@H](COP(=O)(O)O)[C@H](O)CCCCCCCCCCCCCC. The number of aliphatic hydroxyl groups excluding tert-OH is 1. The number of carbonyl (C=O) groups is 1. The first-order valence-corrected chi connectivity index (χ1v) is 22.5. The molecule has 0 aromatic carbocycles. The van der Waals surface area contributed by atoms with Crippen molar-refractivity contribution in [2.45, 2.75) is 244 Å². The monoisotopic (exact) mass is 704 g/mol. The minimum Gasteiger partial charge on any atom is -0.391 e. The molecule has 8 heteroatoms. The minimum atomic E-state index is -4.68. The standard InChI is InChI=1S/C40H82NO6P/c1-3-5-7-9-11-13-15-17-18-19-20-21-22-23-24-26-28-30-32-34-36-40(43)41-38(37-47-48(44,45)46)39(42)35-33-31-29-27-25-16-14-12-10-8-6-4-2/h38-39,42H,3-37H2,1-2H3,(H,41,43)(H2,44,45,46)/t38-,39+/m0/s1. The lowest BCUT2D eigenvalue weighted by atomic mass is 10.0. The molecule has 0 spiro atoms. The highest BCUT2D eigenvalue weighted by molar-refractivity contribution is 7.46. The number of phosphoric acid groups is 1. The van der Waals surface area contributed by atoms with Crippen molar-refractivity contribution in [3.8, 4) is 0 Å². The van der Waals surface area contributed by atoms with Gasteiger partial charge in [-0.05, 0) is 12.8 Å². The van der Waals surface area contributed by atoms with Crippen LogP contribution in [-0.4, -0.2) is 39.6 Å². The highest BCUT2D eigenvalue weighted by Crippen LogP contribution is 2.36. The molecule has 0 saturated heterocycles. The predicted molar refractivity (Wildman–Crippen MR) is 204 cm³/mol. The van der Waals surface area contributed by atoms with Crippen LogP contribution in [0.25, 0.3) is 0 Å². The number of hydrogen-bond donors (Lipinski definition) is 4. The number of nitrogens with one attached hydrogen (secondary N) is 1. The second kappa shape index (κ2) is 36.3. The Morgan fingerprint density at radius 3 is 1.12 bits per heavy atom. The lowest BCUT2D eigenvalue weighted by molar-refractivity contribution is -0.123. The highest BCUT2D eigenvalue weighted by Gasteiger charge is 2.25. The summed E-state index contributed by atoms with van der Waals surface area (Å²) in [7, 11) is -4.68. The van der Waals surface area contributed by atoms with E-state index in [1.54, 1.807) is 0 Å². The number of rotatable bonds is 39. The van der Waals surface area contributed by atoms with E-state index in [-0.39, 0.29) is 5.91 Å². The molecular formula is C40H82NO6P. The fourth-order valence-electron chi connectivity index (χ4n) is 6.64. The summed E-state index contributed by atoms with van der Waals surface area (Å²) in [5.41, 5.74) is 0. The van der Waals surface area contributed by atoms with Gasteiger partial charge < -0.3 is 20.2 Å². The van der Waals surface area contributed by atoms with Crippen molar-refractivity contribution in [2.75, 3.05) is 6.61 Å². The number of phosphoric ester groups is 1. The van der Waals surface area contributed by atoms with E-state index in [0.29, 0.717) is 12.8 Å². The normalized spacial score (nSPS) is 13.2. The van der Waals surface area contributed by atoms with Crippen molar-refractivity contribution in [3.63, 3.8) is 0 Å². The zero-order valence-corrected chi connectivity index (χ0v) is 32.8. The highest BCUT2D eigenvalue weighted by atomic mass is 31.2. The summed E-state index contributed by atoms with van der Waals surface area (Å²) < 4.78 is 15.9. The maximum Gasteiger partial charge on any atom is 0.469 e. The number of aliphatic hydroxyl groups is 1. The smallest absolute Gasteiger partial charge is 0.391 e. The van der Waals surface area contributed by atoms with E-state index in [1.165, 1.54) is 167 Å². The molecule has 0 heterocycles. The Morgan fingerprint density at radius 1 is 0.521 bits per heavy atom. The summed E-state index contributed by atoms with van der Waals surface area (Å²) in [5, 5.41) is 13.5. The summed E-state index contributed by atoms with van der Waals surface area (Å²) in [6.07, 6.45) is 40.9. The Hall–Kier alpha value is -0.460. The molecule has 4 N–H and O–H groups in total. The van der Waals surface area contributed by atoms with Gasteiger partial charge >= 0.3 is 7.82 Å². The lowest BCUT2D eigenvalue weighted by Gasteiger charge is -2.24. The fraction of sp³-hybridized carbons (Fsp3) is 0.975.